The van der Waals surface area contributed by atoms with Crippen molar-refractivity contribution in [1.82, 2.24) is 9.97 Å². The van der Waals surface area contributed by atoms with Crippen molar-refractivity contribution in [3.8, 4) is 0 Å². The van der Waals surface area contributed by atoms with Crippen LogP contribution in [-0.4, -0.2) is 21.7 Å². The zero-order chi connectivity index (χ0) is 12.5. The Morgan fingerprint density at radius 2 is 2.35 bits per heavy atom. The molecular formula is C12H19N3O2. The molecular weight excluding hydrogens is 218 g/mol. The molecule has 0 saturated heterocycles. The molecule has 3 N–H and O–H groups in total. The van der Waals surface area contributed by atoms with E-state index in [0.717, 1.165) is 25.1 Å². The van der Waals surface area contributed by atoms with Crippen LogP contribution in [0.15, 0.2) is 12.4 Å². The third-order valence-corrected chi connectivity index (χ3v) is 3.45. The van der Waals surface area contributed by atoms with E-state index in [1.807, 2.05) is 20.0 Å². The first-order valence-electron chi connectivity index (χ1n) is 5.92. The van der Waals surface area contributed by atoms with Gasteiger partial charge in [-0.05, 0) is 33.1 Å². The highest BCUT2D eigenvalue weighted by Crippen LogP contribution is 2.48. The van der Waals surface area contributed by atoms with Gasteiger partial charge in [-0.2, -0.15) is 0 Å². The number of ether oxygens (including phenoxy) is 1. The van der Waals surface area contributed by atoms with Crippen molar-refractivity contribution < 1.29 is 9.53 Å². The molecule has 0 aromatic carbocycles. The van der Waals surface area contributed by atoms with Gasteiger partial charge in [0.1, 0.15) is 11.4 Å². The Bertz CT molecular complexity index is 394. The zero-order valence-corrected chi connectivity index (χ0v) is 10.3. The average Bonchev–Trinajstić information content (AvgIpc) is 2.61. The number of aromatic amines is 1. The molecule has 1 aliphatic rings. The summed E-state index contributed by atoms with van der Waals surface area (Å²) in [5.74, 6) is 0.991. The Kier molecular flexibility index (Phi) is 2.85. The molecule has 1 aromatic rings. The number of hydrogen-bond donors (Lipinski definition) is 2. The summed E-state index contributed by atoms with van der Waals surface area (Å²) < 4.78 is 5.16. The second-order valence-electron chi connectivity index (χ2n) is 5.43. The number of hydrogen-bond acceptors (Lipinski definition) is 3. The monoisotopic (exact) mass is 237 g/mol. The van der Waals surface area contributed by atoms with Crippen LogP contribution in [0.25, 0.3) is 0 Å². The summed E-state index contributed by atoms with van der Waals surface area (Å²) in [5, 5.41) is 0. The highest BCUT2D eigenvalue weighted by atomic mass is 16.6. The number of nitrogens with two attached hydrogens (primary N) is 1. The molecule has 0 atom stereocenters. The van der Waals surface area contributed by atoms with E-state index in [4.69, 9.17) is 10.5 Å². The summed E-state index contributed by atoms with van der Waals surface area (Å²) in [7, 11) is 0. The number of primary amides is 1. The molecule has 1 saturated carbocycles. The molecule has 0 unspecified atom stereocenters. The largest absolute Gasteiger partial charge is 0.444 e. The predicted octanol–water partition coefficient (Wildman–Crippen LogP) is 2.10. The lowest BCUT2D eigenvalue weighted by Gasteiger charge is -2.44. The molecule has 2 rings (SSSR count). The van der Waals surface area contributed by atoms with Gasteiger partial charge in [-0.25, -0.2) is 9.78 Å². The molecule has 17 heavy (non-hydrogen) atoms. The normalized spacial score (nSPS) is 18.5. The van der Waals surface area contributed by atoms with Gasteiger partial charge in [0, 0.05) is 17.8 Å². The minimum absolute atomic E-state index is 0.0163. The molecule has 0 spiro atoms. The van der Waals surface area contributed by atoms with E-state index in [2.05, 4.69) is 9.97 Å². The van der Waals surface area contributed by atoms with Gasteiger partial charge in [0.25, 0.3) is 0 Å². The smallest absolute Gasteiger partial charge is 0.405 e. The number of nitrogens with zero attached hydrogens (tertiary/aromatic N) is 1. The Hall–Kier alpha value is -1.52. The zero-order valence-electron chi connectivity index (χ0n) is 10.3. The van der Waals surface area contributed by atoms with E-state index in [1.54, 1.807) is 6.20 Å². The van der Waals surface area contributed by atoms with Crippen LogP contribution in [0.5, 0.6) is 0 Å². The van der Waals surface area contributed by atoms with E-state index in [-0.39, 0.29) is 5.41 Å². The van der Waals surface area contributed by atoms with Gasteiger partial charge in [0.05, 0.1) is 0 Å². The van der Waals surface area contributed by atoms with Crippen molar-refractivity contribution in [2.45, 2.75) is 50.5 Å². The number of amides is 1. The van der Waals surface area contributed by atoms with E-state index < -0.39 is 11.7 Å². The van der Waals surface area contributed by atoms with Gasteiger partial charge in [-0.15, -0.1) is 0 Å². The maximum Gasteiger partial charge on any atom is 0.405 e. The van der Waals surface area contributed by atoms with Gasteiger partial charge in [-0.1, -0.05) is 6.42 Å². The minimum atomic E-state index is -0.719. The van der Waals surface area contributed by atoms with Crippen molar-refractivity contribution in [2.24, 2.45) is 5.73 Å². The van der Waals surface area contributed by atoms with Gasteiger partial charge < -0.3 is 15.5 Å². The van der Waals surface area contributed by atoms with E-state index in [1.165, 1.54) is 6.42 Å². The van der Waals surface area contributed by atoms with Crippen molar-refractivity contribution >= 4 is 6.09 Å². The van der Waals surface area contributed by atoms with Gasteiger partial charge in [0.15, 0.2) is 0 Å². The summed E-state index contributed by atoms with van der Waals surface area (Å²) in [6.45, 7) is 3.78. The minimum Gasteiger partial charge on any atom is -0.444 e. The van der Waals surface area contributed by atoms with Crippen LogP contribution in [-0.2, 0) is 10.2 Å². The van der Waals surface area contributed by atoms with E-state index in [9.17, 15) is 4.79 Å². The number of nitrogens with one attached hydrogen (secondary N) is 1. The van der Waals surface area contributed by atoms with Crippen LogP contribution in [0.4, 0.5) is 4.79 Å². The molecule has 1 aliphatic carbocycles. The van der Waals surface area contributed by atoms with Crippen LogP contribution in [0.1, 0.15) is 45.4 Å². The summed E-state index contributed by atoms with van der Waals surface area (Å²) in [6.07, 6.45) is 6.96. The molecule has 0 aliphatic heterocycles. The third kappa shape index (κ3) is 2.43. The number of H-pyrrole nitrogens is 1. The highest BCUT2D eigenvalue weighted by molar-refractivity contribution is 5.65. The lowest BCUT2D eigenvalue weighted by Crippen LogP contribution is -2.44. The Morgan fingerprint density at radius 3 is 2.76 bits per heavy atom. The van der Waals surface area contributed by atoms with Crippen molar-refractivity contribution in [3.63, 3.8) is 0 Å². The molecule has 0 bridgehead atoms. The Morgan fingerprint density at radius 1 is 1.65 bits per heavy atom. The Labute approximate surface area is 101 Å². The second kappa shape index (κ2) is 4.05. The topological polar surface area (TPSA) is 81.0 Å². The van der Waals surface area contributed by atoms with Crippen molar-refractivity contribution in [1.29, 1.82) is 0 Å². The average molecular weight is 237 g/mol. The van der Waals surface area contributed by atoms with Gasteiger partial charge >= 0.3 is 6.09 Å². The first kappa shape index (κ1) is 12.0. The van der Waals surface area contributed by atoms with Crippen LogP contribution in [0.2, 0.25) is 0 Å². The van der Waals surface area contributed by atoms with Crippen molar-refractivity contribution in [2.75, 3.05) is 0 Å². The molecule has 1 amide bonds. The molecule has 0 radical (unpaired) electrons. The first-order valence-corrected chi connectivity index (χ1v) is 5.92. The molecule has 1 heterocycles. The predicted molar refractivity (Wildman–Crippen MR) is 63.5 cm³/mol. The standard InChI is InChI=1S/C12H19N3O2/c1-11(2,17-10(13)16)8-12(4-3-5-12)9-14-6-7-15-9/h6-7H,3-5,8H2,1-2H3,(H2,13,16)(H,14,15). The SMILES string of the molecule is CC(C)(CC1(c2ncc[nH]2)CCC1)OC(N)=O. The van der Waals surface area contributed by atoms with Crippen LogP contribution >= 0.6 is 0 Å². The number of rotatable bonds is 4. The lowest BCUT2D eigenvalue weighted by molar-refractivity contribution is 0.00312. The summed E-state index contributed by atoms with van der Waals surface area (Å²) >= 11 is 0. The fourth-order valence-corrected chi connectivity index (χ4v) is 2.78. The van der Waals surface area contributed by atoms with Crippen LogP contribution in [0, 0.1) is 0 Å². The maximum atomic E-state index is 10.9. The molecule has 5 heteroatoms. The number of carbonyl (C=O) groups is 1. The van der Waals surface area contributed by atoms with E-state index in [0.29, 0.717) is 0 Å². The molecule has 94 valence electrons. The van der Waals surface area contributed by atoms with Gasteiger partial charge in [-0.3, -0.25) is 0 Å². The second-order valence-corrected chi connectivity index (χ2v) is 5.43. The maximum absolute atomic E-state index is 10.9. The molecule has 1 aromatic heterocycles. The van der Waals surface area contributed by atoms with Crippen molar-refractivity contribution in [3.05, 3.63) is 18.2 Å². The van der Waals surface area contributed by atoms with Crippen LogP contribution < -0.4 is 5.73 Å². The third-order valence-electron chi connectivity index (χ3n) is 3.45. The quantitative estimate of drug-likeness (QED) is 0.841. The number of imidazole rings is 1. The Balaban J connectivity index is 2.13. The van der Waals surface area contributed by atoms with Gasteiger partial charge in [0.2, 0.25) is 0 Å². The highest BCUT2D eigenvalue weighted by Gasteiger charge is 2.45. The van der Waals surface area contributed by atoms with Crippen LogP contribution in [0.3, 0.4) is 0 Å². The number of aromatic nitrogens is 2. The summed E-state index contributed by atoms with van der Waals surface area (Å²) in [6, 6.07) is 0. The fraction of sp³-hybridized carbons (Fsp3) is 0.667. The summed E-state index contributed by atoms with van der Waals surface area (Å²) in [5.41, 5.74) is 4.55. The number of carbonyl (C=O) groups excluding carboxylic acids is 1. The molecule has 5 nitrogen and oxygen atoms in total. The van der Waals surface area contributed by atoms with E-state index >= 15 is 0 Å². The molecule has 1 fully saturated rings. The first-order chi connectivity index (χ1) is 7.94. The lowest BCUT2D eigenvalue weighted by atomic mass is 9.63. The summed E-state index contributed by atoms with van der Waals surface area (Å²) in [4.78, 5) is 18.4. The fourth-order valence-electron chi connectivity index (χ4n) is 2.78.